The number of nitrogens with one attached hydrogen (secondary N) is 1. The van der Waals surface area contributed by atoms with Gasteiger partial charge in [0.2, 0.25) is 5.95 Å². The maximum absolute atomic E-state index is 12.8. The number of carbonyl (C=O) groups excluding carboxylic acids is 1. The number of pyridine rings is 1. The zero-order valence-corrected chi connectivity index (χ0v) is 9.53. The second kappa shape index (κ2) is 4.90. The summed E-state index contributed by atoms with van der Waals surface area (Å²) in [5.41, 5.74) is -1.000. The van der Waals surface area contributed by atoms with Crippen molar-refractivity contribution >= 4 is 11.9 Å². The number of halogens is 1. The van der Waals surface area contributed by atoms with Crippen LogP contribution >= 0.6 is 0 Å². The molecule has 0 aromatic carbocycles. The largest absolute Gasteiger partial charge is 0.481 e. The van der Waals surface area contributed by atoms with E-state index < -0.39 is 23.4 Å². The predicted molar refractivity (Wildman–Crippen MR) is 58.0 cm³/mol. The molecule has 0 aliphatic carbocycles. The van der Waals surface area contributed by atoms with Crippen LogP contribution in [0, 0.1) is 5.95 Å². The van der Waals surface area contributed by atoms with Crippen molar-refractivity contribution in [3.05, 3.63) is 29.8 Å². The second-order valence-electron chi connectivity index (χ2n) is 4.25. The van der Waals surface area contributed by atoms with Crippen LogP contribution in [0.5, 0.6) is 0 Å². The Morgan fingerprint density at radius 2 is 2.12 bits per heavy atom. The lowest BCUT2D eigenvalue weighted by atomic mass is 10.0. The third-order valence-corrected chi connectivity index (χ3v) is 1.99. The molecule has 1 aromatic rings. The number of aliphatic carboxylic acids is 1. The first kappa shape index (κ1) is 13.1. The topological polar surface area (TPSA) is 79.3 Å². The number of carboxylic acids is 1. The van der Waals surface area contributed by atoms with Gasteiger partial charge in [-0.05, 0) is 26.0 Å². The summed E-state index contributed by atoms with van der Waals surface area (Å²) >= 11 is 0. The van der Waals surface area contributed by atoms with E-state index in [1.165, 1.54) is 12.1 Å². The van der Waals surface area contributed by atoms with Gasteiger partial charge in [0.1, 0.15) is 5.69 Å². The first-order valence-corrected chi connectivity index (χ1v) is 4.97. The summed E-state index contributed by atoms with van der Waals surface area (Å²) in [4.78, 5) is 25.6. The van der Waals surface area contributed by atoms with Crippen LogP contribution in [0.1, 0.15) is 30.8 Å². The molecule has 0 saturated carbocycles. The molecular formula is C11H13FN2O3. The smallest absolute Gasteiger partial charge is 0.305 e. The third kappa shape index (κ3) is 4.18. The fraction of sp³-hybridized carbons (Fsp3) is 0.364. The lowest BCUT2D eigenvalue weighted by molar-refractivity contribution is -0.138. The third-order valence-electron chi connectivity index (χ3n) is 1.99. The number of hydrogen-bond donors (Lipinski definition) is 2. The first-order chi connectivity index (χ1) is 7.80. The lowest BCUT2D eigenvalue weighted by Gasteiger charge is -2.23. The van der Waals surface area contributed by atoms with Gasteiger partial charge in [-0.1, -0.05) is 6.07 Å². The second-order valence-corrected chi connectivity index (χ2v) is 4.25. The Morgan fingerprint density at radius 1 is 1.47 bits per heavy atom. The molecule has 1 heterocycles. The average molecular weight is 240 g/mol. The standard InChI is InChI=1S/C11H13FN2O3/c1-11(2,6-9(15)16)14-10(17)7-4-3-5-8(12)13-7/h3-5H,6H2,1-2H3,(H,14,17)(H,15,16). The summed E-state index contributed by atoms with van der Waals surface area (Å²) in [7, 11) is 0. The molecule has 0 spiro atoms. The molecule has 1 amide bonds. The van der Waals surface area contributed by atoms with Crippen LogP contribution in [-0.4, -0.2) is 27.5 Å². The van der Waals surface area contributed by atoms with Gasteiger partial charge in [-0.3, -0.25) is 9.59 Å². The highest BCUT2D eigenvalue weighted by Gasteiger charge is 2.24. The van der Waals surface area contributed by atoms with Crippen molar-refractivity contribution in [1.82, 2.24) is 10.3 Å². The fourth-order valence-electron chi connectivity index (χ4n) is 1.33. The summed E-state index contributed by atoms with van der Waals surface area (Å²) in [5, 5.41) is 11.1. The highest BCUT2D eigenvalue weighted by molar-refractivity contribution is 5.93. The molecule has 0 atom stereocenters. The van der Waals surface area contributed by atoms with Crippen LogP contribution in [0.2, 0.25) is 0 Å². The summed E-state index contributed by atoms with van der Waals surface area (Å²) < 4.78 is 12.8. The van der Waals surface area contributed by atoms with Crippen molar-refractivity contribution in [2.75, 3.05) is 0 Å². The van der Waals surface area contributed by atoms with Crippen LogP contribution in [0.3, 0.4) is 0 Å². The minimum Gasteiger partial charge on any atom is -0.481 e. The molecule has 6 heteroatoms. The van der Waals surface area contributed by atoms with E-state index >= 15 is 0 Å². The molecule has 0 radical (unpaired) electrons. The molecule has 0 aliphatic rings. The molecule has 92 valence electrons. The van der Waals surface area contributed by atoms with Crippen LogP contribution < -0.4 is 5.32 Å². The maximum atomic E-state index is 12.8. The molecule has 0 bridgehead atoms. The summed E-state index contributed by atoms with van der Waals surface area (Å²) in [5.74, 6) is -2.38. The highest BCUT2D eigenvalue weighted by Crippen LogP contribution is 2.09. The molecule has 0 aliphatic heterocycles. The van der Waals surface area contributed by atoms with Gasteiger partial charge in [0.15, 0.2) is 0 Å². The molecular weight excluding hydrogens is 227 g/mol. The number of hydrogen-bond acceptors (Lipinski definition) is 3. The van der Waals surface area contributed by atoms with E-state index in [0.717, 1.165) is 6.07 Å². The van der Waals surface area contributed by atoms with Crippen molar-refractivity contribution in [2.24, 2.45) is 0 Å². The Kier molecular flexibility index (Phi) is 3.77. The number of carboxylic acid groups (broad SMARTS) is 1. The minimum atomic E-state index is -1.03. The molecule has 0 fully saturated rings. The normalized spacial score (nSPS) is 11.0. The lowest BCUT2D eigenvalue weighted by Crippen LogP contribution is -2.45. The molecule has 5 nitrogen and oxygen atoms in total. The predicted octanol–water partition coefficient (Wildman–Crippen LogP) is 1.20. The number of amides is 1. The Balaban J connectivity index is 2.75. The van der Waals surface area contributed by atoms with E-state index in [0.29, 0.717) is 0 Å². The molecule has 0 unspecified atom stereocenters. The van der Waals surface area contributed by atoms with Gasteiger partial charge in [-0.2, -0.15) is 4.39 Å². The monoisotopic (exact) mass is 240 g/mol. The Labute approximate surface area is 97.7 Å². The number of aromatic nitrogens is 1. The SMILES string of the molecule is CC(C)(CC(=O)O)NC(=O)c1cccc(F)n1. The summed E-state index contributed by atoms with van der Waals surface area (Å²) in [6.07, 6.45) is -0.228. The van der Waals surface area contributed by atoms with Gasteiger partial charge in [0.05, 0.1) is 6.42 Å². The van der Waals surface area contributed by atoms with Crippen molar-refractivity contribution in [2.45, 2.75) is 25.8 Å². The van der Waals surface area contributed by atoms with Crippen molar-refractivity contribution in [1.29, 1.82) is 0 Å². The van der Waals surface area contributed by atoms with Crippen LogP contribution in [0.4, 0.5) is 4.39 Å². The quantitative estimate of drug-likeness (QED) is 0.775. The first-order valence-electron chi connectivity index (χ1n) is 4.97. The molecule has 2 N–H and O–H groups in total. The number of carbonyl (C=O) groups is 2. The fourth-order valence-corrected chi connectivity index (χ4v) is 1.33. The van der Waals surface area contributed by atoms with Gasteiger partial charge >= 0.3 is 5.97 Å². The summed E-state index contributed by atoms with van der Waals surface area (Å²) in [6, 6.07) is 3.84. The maximum Gasteiger partial charge on any atom is 0.305 e. The summed E-state index contributed by atoms with van der Waals surface area (Å²) in [6.45, 7) is 3.14. The Morgan fingerprint density at radius 3 is 2.65 bits per heavy atom. The van der Waals surface area contributed by atoms with E-state index in [1.54, 1.807) is 13.8 Å². The molecule has 1 aromatic heterocycles. The van der Waals surface area contributed by atoms with E-state index in [1.807, 2.05) is 0 Å². The van der Waals surface area contributed by atoms with Crippen LogP contribution in [-0.2, 0) is 4.79 Å². The van der Waals surface area contributed by atoms with Gasteiger partial charge < -0.3 is 10.4 Å². The van der Waals surface area contributed by atoms with Gasteiger partial charge in [-0.25, -0.2) is 4.98 Å². The van der Waals surface area contributed by atoms with Crippen molar-refractivity contribution in [3.8, 4) is 0 Å². The molecule has 0 saturated heterocycles. The minimum absolute atomic E-state index is 0.0801. The van der Waals surface area contributed by atoms with Crippen molar-refractivity contribution in [3.63, 3.8) is 0 Å². The van der Waals surface area contributed by atoms with E-state index in [4.69, 9.17) is 5.11 Å². The zero-order chi connectivity index (χ0) is 13.1. The van der Waals surface area contributed by atoms with E-state index in [-0.39, 0.29) is 12.1 Å². The van der Waals surface area contributed by atoms with Crippen LogP contribution in [0.15, 0.2) is 18.2 Å². The van der Waals surface area contributed by atoms with Gasteiger partial charge in [0, 0.05) is 5.54 Å². The molecule has 17 heavy (non-hydrogen) atoms. The zero-order valence-electron chi connectivity index (χ0n) is 9.53. The average Bonchev–Trinajstić information content (AvgIpc) is 2.14. The molecule has 1 rings (SSSR count). The Hall–Kier alpha value is -1.98. The van der Waals surface area contributed by atoms with E-state index in [9.17, 15) is 14.0 Å². The van der Waals surface area contributed by atoms with Gasteiger partial charge in [0.25, 0.3) is 5.91 Å². The Bertz CT molecular complexity index is 446. The van der Waals surface area contributed by atoms with Crippen molar-refractivity contribution < 1.29 is 19.1 Å². The van der Waals surface area contributed by atoms with Gasteiger partial charge in [-0.15, -0.1) is 0 Å². The van der Waals surface area contributed by atoms with Crippen LogP contribution in [0.25, 0.3) is 0 Å². The number of nitrogens with zero attached hydrogens (tertiary/aromatic N) is 1. The number of rotatable bonds is 4. The van der Waals surface area contributed by atoms with E-state index in [2.05, 4.69) is 10.3 Å². The highest BCUT2D eigenvalue weighted by atomic mass is 19.1.